The molecule has 0 aliphatic heterocycles. The van der Waals surface area contributed by atoms with Crippen LogP contribution in [0, 0.1) is 0 Å². The van der Waals surface area contributed by atoms with E-state index in [0.717, 1.165) is 49.3 Å². The molecular formula is C23H19F3N4O2. The molecule has 164 valence electrons. The van der Waals surface area contributed by atoms with Crippen molar-refractivity contribution in [3.63, 3.8) is 0 Å². The topological polar surface area (TPSA) is 61.4 Å². The maximum absolute atomic E-state index is 12.7. The van der Waals surface area contributed by atoms with Crippen molar-refractivity contribution in [2.45, 2.75) is 38.5 Å². The van der Waals surface area contributed by atoms with Crippen molar-refractivity contribution in [1.82, 2.24) is 18.9 Å². The lowest BCUT2D eigenvalue weighted by Gasteiger charge is -2.11. The average Bonchev–Trinajstić information content (AvgIpc) is 3.15. The third-order valence-electron chi connectivity index (χ3n) is 5.56. The third kappa shape index (κ3) is 3.86. The molecule has 6 nitrogen and oxygen atoms in total. The summed E-state index contributed by atoms with van der Waals surface area (Å²) >= 11 is 0. The number of fused-ring (bicyclic) bond motifs is 3. The zero-order valence-electron chi connectivity index (χ0n) is 17.0. The number of hydrogen-bond acceptors (Lipinski definition) is 4. The van der Waals surface area contributed by atoms with E-state index in [1.54, 1.807) is 12.3 Å². The van der Waals surface area contributed by atoms with E-state index in [2.05, 4.69) is 9.38 Å². The summed E-state index contributed by atoms with van der Waals surface area (Å²) in [6, 6.07) is 8.95. The summed E-state index contributed by atoms with van der Waals surface area (Å²) in [7, 11) is 0. The van der Waals surface area contributed by atoms with E-state index in [1.807, 2.05) is 18.3 Å². The molecule has 0 unspecified atom stereocenters. The summed E-state index contributed by atoms with van der Waals surface area (Å²) in [5.41, 5.74) is 3.11. The highest BCUT2D eigenvalue weighted by Gasteiger charge is 2.32. The number of imidazole rings is 1. The van der Waals surface area contributed by atoms with Crippen molar-refractivity contribution in [2.24, 2.45) is 0 Å². The second-order valence-electron chi connectivity index (χ2n) is 7.73. The molecule has 0 radical (unpaired) electrons. The molecule has 32 heavy (non-hydrogen) atoms. The minimum absolute atomic E-state index is 0.000177. The minimum Gasteiger partial charge on any atom is -0.489 e. The van der Waals surface area contributed by atoms with Crippen LogP contribution in [0.2, 0.25) is 0 Å². The van der Waals surface area contributed by atoms with Gasteiger partial charge in [0.15, 0.2) is 0 Å². The Kier molecular flexibility index (Phi) is 4.96. The van der Waals surface area contributed by atoms with E-state index in [4.69, 9.17) is 9.72 Å². The van der Waals surface area contributed by atoms with E-state index in [9.17, 15) is 18.0 Å². The van der Waals surface area contributed by atoms with Crippen LogP contribution < -0.4 is 10.3 Å². The van der Waals surface area contributed by atoms with Crippen molar-refractivity contribution in [3.05, 3.63) is 88.0 Å². The fraction of sp³-hybridized carbons (Fsp3) is 0.261. The first-order valence-electron chi connectivity index (χ1n) is 10.3. The number of aromatic nitrogens is 4. The second-order valence-corrected chi connectivity index (χ2v) is 7.73. The summed E-state index contributed by atoms with van der Waals surface area (Å²) < 4.78 is 47.0. The predicted molar refractivity (Wildman–Crippen MR) is 111 cm³/mol. The number of hydrogen-bond donors (Lipinski definition) is 0. The van der Waals surface area contributed by atoms with Gasteiger partial charge in [-0.25, -0.2) is 4.98 Å². The first-order valence-corrected chi connectivity index (χ1v) is 10.3. The number of pyridine rings is 3. The van der Waals surface area contributed by atoms with E-state index in [0.29, 0.717) is 17.0 Å². The normalized spacial score (nSPS) is 13.8. The lowest BCUT2D eigenvalue weighted by atomic mass is 10.0. The average molecular weight is 440 g/mol. The van der Waals surface area contributed by atoms with Crippen LogP contribution in [0.5, 0.6) is 5.75 Å². The van der Waals surface area contributed by atoms with Crippen molar-refractivity contribution in [3.8, 4) is 11.4 Å². The molecule has 4 aromatic rings. The van der Waals surface area contributed by atoms with Gasteiger partial charge in [0.2, 0.25) is 0 Å². The SMILES string of the molecule is O=c1cc(OCc2ccc(C(F)(F)F)nc2)ccn1-c1ccn2c3c(nc2c1)CCCC3. The summed E-state index contributed by atoms with van der Waals surface area (Å²) in [6.45, 7) is 0.000177. The smallest absolute Gasteiger partial charge is 0.433 e. The number of nitrogens with zero attached hydrogens (tertiary/aromatic N) is 4. The Labute approximate surface area is 180 Å². The van der Waals surface area contributed by atoms with Crippen molar-refractivity contribution < 1.29 is 17.9 Å². The van der Waals surface area contributed by atoms with Crippen LogP contribution in [0.15, 0.2) is 59.8 Å². The van der Waals surface area contributed by atoms with Gasteiger partial charge in [0.25, 0.3) is 5.56 Å². The molecule has 0 saturated heterocycles. The van der Waals surface area contributed by atoms with Gasteiger partial charge in [-0.2, -0.15) is 13.2 Å². The van der Waals surface area contributed by atoms with Gasteiger partial charge >= 0.3 is 6.18 Å². The van der Waals surface area contributed by atoms with Gasteiger partial charge in [0.05, 0.1) is 11.4 Å². The maximum atomic E-state index is 12.7. The molecule has 9 heteroatoms. The molecule has 0 bridgehead atoms. The van der Waals surface area contributed by atoms with Crippen LogP contribution in [-0.4, -0.2) is 18.9 Å². The number of rotatable bonds is 4. The number of ether oxygens (including phenoxy) is 1. The highest BCUT2D eigenvalue weighted by atomic mass is 19.4. The van der Waals surface area contributed by atoms with E-state index >= 15 is 0 Å². The number of halogens is 3. The van der Waals surface area contributed by atoms with Gasteiger partial charge in [-0.15, -0.1) is 0 Å². The molecular weight excluding hydrogens is 421 g/mol. The van der Waals surface area contributed by atoms with Gasteiger partial charge in [0.1, 0.15) is 23.7 Å². The van der Waals surface area contributed by atoms with Crippen LogP contribution >= 0.6 is 0 Å². The molecule has 0 saturated carbocycles. The van der Waals surface area contributed by atoms with Gasteiger partial charge in [-0.3, -0.25) is 14.3 Å². The second kappa shape index (κ2) is 7.81. The Morgan fingerprint density at radius 2 is 1.88 bits per heavy atom. The summed E-state index contributed by atoms with van der Waals surface area (Å²) in [4.78, 5) is 20.8. The fourth-order valence-corrected chi connectivity index (χ4v) is 3.94. The molecule has 5 rings (SSSR count). The highest BCUT2D eigenvalue weighted by molar-refractivity contribution is 5.51. The zero-order valence-corrected chi connectivity index (χ0v) is 17.0. The van der Waals surface area contributed by atoms with Crippen molar-refractivity contribution in [1.29, 1.82) is 0 Å². The van der Waals surface area contributed by atoms with E-state index < -0.39 is 11.9 Å². The first-order chi connectivity index (χ1) is 15.4. The van der Waals surface area contributed by atoms with Crippen LogP contribution in [0.4, 0.5) is 13.2 Å². The molecule has 0 atom stereocenters. The summed E-state index contributed by atoms with van der Waals surface area (Å²) in [6.07, 6.45) is 4.47. The van der Waals surface area contributed by atoms with Gasteiger partial charge in [-0.05, 0) is 43.9 Å². The largest absolute Gasteiger partial charge is 0.489 e. The molecule has 0 amide bonds. The maximum Gasteiger partial charge on any atom is 0.433 e. The Morgan fingerprint density at radius 3 is 2.62 bits per heavy atom. The molecule has 1 aliphatic rings. The molecule has 4 aromatic heterocycles. The molecule has 0 spiro atoms. The first kappa shape index (κ1) is 20.3. The lowest BCUT2D eigenvalue weighted by Crippen LogP contribution is -2.17. The minimum atomic E-state index is -4.48. The molecule has 0 N–H and O–H groups in total. The Morgan fingerprint density at radius 1 is 1.03 bits per heavy atom. The van der Waals surface area contributed by atoms with Crippen molar-refractivity contribution >= 4 is 5.65 Å². The van der Waals surface area contributed by atoms with E-state index in [1.165, 1.54) is 22.4 Å². The van der Waals surface area contributed by atoms with Crippen LogP contribution in [0.25, 0.3) is 11.3 Å². The van der Waals surface area contributed by atoms with Crippen molar-refractivity contribution in [2.75, 3.05) is 0 Å². The van der Waals surface area contributed by atoms with Crippen LogP contribution in [0.1, 0.15) is 35.5 Å². The van der Waals surface area contributed by atoms with Gasteiger partial charge in [-0.1, -0.05) is 6.07 Å². The number of alkyl halides is 3. The Bertz CT molecular complexity index is 1340. The zero-order chi connectivity index (χ0) is 22.3. The monoisotopic (exact) mass is 440 g/mol. The molecule has 4 heterocycles. The van der Waals surface area contributed by atoms with Crippen LogP contribution in [0.3, 0.4) is 0 Å². The molecule has 0 fully saturated rings. The lowest BCUT2D eigenvalue weighted by molar-refractivity contribution is -0.141. The van der Waals surface area contributed by atoms with E-state index in [-0.39, 0.29) is 12.2 Å². The number of aryl methyl sites for hydroxylation is 2. The summed E-state index contributed by atoms with van der Waals surface area (Å²) in [5, 5.41) is 0. The fourth-order valence-electron chi connectivity index (χ4n) is 3.94. The molecule has 1 aliphatic carbocycles. The van der Waals surface area contributed by atoms with Gasteiger partial charge in [0, 0.05) is 42.0 Å². The van der Waals surface area contributed by atoms with Gasteiger partial charge < -0.3 is 9.14 Å². The predicted octanol–water partition coefficient (Wildman–Crippen LogP) is 4.36. The molecule has 0 aromatic carbocycles. The Hall–Kier alpha value is -3.62. The quantitative estimate of drug-likeness (QED) is 0.473. The third-order valence-corrected chi connectivity index (χ3v) is 5.56. The standard InChI is InChI=1S/C23H19F3N4O2/c24-23(25,26)20-6-5-15(13-27-20)14-32-17-8-10-29(22(31)12-17)16-7-9-30-19-4-2-1-3-18(19)28-21(30)11-16/h5-13H,1-4,14H2. The summed E-state index contributed by atoms with van der Waals surface area (Å²) in [5.74, 6) is 0.323. The highest BCUT2D eigenvalue weighted by Crippen LogP contribution is 2.27. The Balaban J connectivity index is 1.33. The van der Waals surface area contributed by atoms with Crippen LogP contribution in [-0.2, 0) is 25.6 Å².